The van der Waals surface area contributed by atoms with Crippen LogP contribution in [0, 0.1) is 12.7 Å². The van der Waals surface area contributed by atoms with E-state index in [9.17, 15) is 18.0 Å². The van der Waals surface area contributed by atoms with E-state index in [-0.39, 0.29) is 10.6 Å². The molecule has 1 N–H and O–H groups in total. The number of benzene rings is 1. The van der Waals surface area contributed by atoms with Crippen LogP contribution in [-0.4, -0.2) is 15.5 Å². The van der Waals surface area contributed by atoms with E-state index in [1.54, 1.807) is 13.0 Å². The summed E-state index contributed by atoms with van der Waals surface area (Å²) < 4.78 is 41.9. The smallest absolute Gasteiger partial charge is 0.283 e. The highest BCUT2D eigenvalue weighted by molar-refractivity contribution is 7.08. The summed E-state index contributed by atoms with van der Waals surface area (Å²) >= 11 is 0.539. The number of carbonyl (C=O) groups is 1. The van der Waals surface area contributed by atoms with Gasteiger partial charge in [0.2, 0.25) is 0 Å². The highest BCUT2D eigenvalue weighted by Crippen LogP contribution is 2.24. The number of aromatic nitrogens is 2. The number of aryl methyl sites for hydroxylation is 1. The zero-order valence-corrected chi connectivity index (χ0v) is 10.5. The van der Waals surface area contributed by atoms with Crippen molar-refractivity contribution in [1.82, 2.24) is 9.59 Å². The Kier molecular flexibility index (Phi) is 3.79. The van der Waals surface area contributed by atoms with Crippen molar-refractivity contribution in [3.63, 3.8) is 0 Å². The fraction of sp³-hybridized carbons (Fsp3) is 0.182. The van der Waals surface area contributed by atoms with E-state index in [0.29, 0.717) is 17.1 Å². The first-order valence-electron chi connectivity index (χ1n) is 5.17. The van der Waals surface area contributed by atoms with Gasteiger partial charge in [0.25, 0.3) is 12.3 Å². The number of alkyl halides is 2. The zero-order chi connectivity index (χ0) is 14.0. The van der Waals surface area contributed by atoms with Crippen molar-refractivity contribution in [2.24, 2.45) is 0 Å². The lowest BCUT2D eigenvalue weighted by Crippen LogP contribution is -2.13. The van der Waals surface area contributed by atoms with Crippen molar-refractivity contribution in [1.29, 1.82) is 0 Å². The Labute approximate surface area is 110 Å². The maximum atomic E-state index is 13.5. The lowest BCUT2D eigenvalue weighted by Gasteiger charge is -2.06. The number of hydrogen-bond donors (Lipinski definition) is 1. The lowest BCUT2D eigenvalue weighted by atomic mass is 10.2. The summed E-state index contributed by atoms with van der Waals surface area (Å²) in [4.78, 5) is 11.4. The topological polar surface area (TPSA) is 54.9 Å². The Morgan fingerprint density at radius 3 is 2.79 bits per heavy atom. The van der Waals surface area contributed by atoms with Crippen molar-refractivity contribution in [3.8, 4) is 0 Å². The van der Waals surface area contributed by atoms with E-state index in [1.807, 2.05) is 0 Å². The number of anilines is 1. The zero-order valence-electron chi connectivity index (χ0n) is 9.65. The Morgan fingerprint density at radius 1 is 1.42 bits per heavy atom. The average molecular weight is 287 g/mol. The molecule has 0 aliphatic rings. The molecule has 8 heteroatoms. The van der Waals surface area contributed by atoms with Crippen molar-refractivity contribution in [2.75, 3.05) is 5.32 Å². The van der Waals surface area contributed by atoms with Gasteiger partial charge in [-0.2, -0.15) is 0 Å². The molecule has 0 saturated heterocycles. The van der Waals surface area contributed by atoms with Crippen LogP contribution in [0.4, 0.5) is 18.9 Å². The Bertz CT molecular complexity index is 615. The van der Waals surface area contributed by atoms with Crippen LogP contribution in [0.5, 0.6) is 0 Å². The number of halogens is 3. The summed E-state index contributed by atoms with van der Waals surface area (Å²) in [5, 5.41) is 5.40. The van der Waals surface area contributed by atoms with Gasteiger partial charge in [0.1, 0.15) is 10.7 Å². The van der Waals surface area contributed by atoms with Crippen molar-refractivity contribution < 1.29 is 18.0 Å². The van der Waals surface area contributed by atoms with Crippen LogP contribution in [0.1, 0.15) is 27.4 Å². The number of hydrogen-bond acceptors (Lipinski definition) is 4. The molecule has 1 aromatic carbocycles. The van der Waals surface area contributed by atoms with Crippen LogP contribution in [0.15, 0.2) is 18.2 Å². The largest absolute Gasteiger partial charge is 0.319 e. The molecule has 0 aliphatic heterocycles. The normalized spacial score (nSPS) is 10.8. The molecule has 0 bridgehead atoms. The second-order valence-corrected chi connectivity index (χ2v) is 4.48. The Morgan fingerprint density at radius 2 is 2.16 bits per heavy atom. The summed E-state index contributed by atoms with van der Waals surface area (Å²) in [6, 6.07) is 4.19. The minimum absolute atomic E-state index is 0.0794. The first-order chi connectivity index (χ1) is 8.99. The van der Waals surface area contributed by atoms with Gasteiger partial charge in [0, 0.05) is 0 Å². The molecule has 0 fully saturated rings. The fourth-order valence-corrected chi connectivity index (χ4v) is 1.97. The molecule has 2 aromatic rings. The molecule has 0 unspecified atom stereocenters. The monoisotopic (exact) mass is 287 g/mol. The van der Waals surface area contributed by atoms with Gasteiger partial charge in [0.05, 0.1) is 5.69 Å². The van der Waals surface area contributed by atoms with Gasteiger partial charge in [-0.15, -0.1) is 5.10 Å². The van der Waals surface area contributed by atoms with E-state index in [0.717, 1.165) is 0 Å². The van der Waals surface area contributed by atoms with Gasteiger partial charge in [-0.25, -0.2) is 13.2 Å². The van der Waals surface area contributed by atoms with Crippen LogP contribution >= 0.6 is 11.5 Å². The second-order valence-electron chi connectivity index (χ2n) is 3.73. The molecule has 0 atom stereocenters. The molecule has 1 aromatic heterocycles. The highest BCUT2D eigenvalue weighted by Gasteiger charge is 2.23. The van der Waals surface area contributed by atoms with E-state index < -0.39 is 23.8 Å². The van der Waals surface area contributed by atoms with Gasteiger partial charge >= 0.3 is 0 Å². The average Bonchev–Trinajstić information content (AvgIpc) is 2.82. The van der Waals surface area contributed by atoms with Gasteiger partial charge in [0.15, 0.2) is 5.69 Å². The fourth-order valence-electron chi connectivity index (χ4n) is 1.40. The molecule has 4 nitrogen and oxygen atoms in total. The van der Waals surface area contributed by atoms with Crippen molar-refractivity contribution in [3.05, 3.63) is 40.2 Å². The standard InChI is InChI=1S/C11H8F3N3OS/c1-5-2-3-7(6(12)4-5)15-11(18)9-8(10(13)14)16-17-19-9/h2-4,10H,1H3,(H,15,18). The third-order valence-corrected chi connectivity index (χ3v) is 3.04. The van der Waals surface area contributed by atoms with Gasteiger partial charge in [-0.3, -0.25) is 4.79 Å². The van der Waals surface area contributed by atoms with Crippen LogP contribution in [0.3, 0.4) is 0 Å². The van der Waals surface area contributed by atoms with Gasteiger partial charge in [-0.1, -0.05) is 10.6 Å². The van der Waals surface area contributed by atoms with Crippen LogP contribution in [-0.2, 0) is 0 Å². The molecule has 0 aliphatic carbocycles. The number of rotatable bonds is 3. The third-order valence-electron chi connectivity index (χ3n) is 2.30. The van der Waals surface area contributed by atoms with Crippen LogP contribution < -0.4 is 5.32 Å². The van der Waals surface area contributed by atoms with E-state index in [1.165, 1.54) is 12.1 Å². The van der Waals surface area contributed by atoms with Crippen molar-refractivity contribution in [2.45, 2.75) is 13.3 Å². The predicted molar refractivity (Wildman–Crippen MR) is 64.0 cm³/mol. The molecule has 0 radical (unpaired) electrons. The Hall–Kier alpha value is -1.96. The minimum Gasteiger partial charge on any atom is -0.319 e. The molecular formula is C11H8F3N3OS. The summed E-state index contributed by atoms with van der Waals surface area (Å²) in [6.07, 6.45) is -2.90. The second kappa shape index (κ2) is 5.35. The number of carbonyl (C=O) groups excluding carboxylic acids is 1. The molecule has 2 rings (SSSR count). The van der Waals surface area contributed by atoms with Gasteiger partial charge < -0.3 is 5.32 Å². The number of amides is 1. The SMILES string of the molecule is Cc1ccc(NC(=O)c2snnc2C(F)F)c(F)c1. The lowest BCUT2D eigenvalue weighted by molar-refractivity contribution is 0.101. The molecule has 19 heavy (non-hydrogen) atoms. The molecule has 1 heterocycles. The quantitative estimate of drug-likeness (QED) is 0.943. The molecule has 0 saturated carbocycles. The third kappa shape index (κ3) is 2.90. The number of nitrogens with zero attached hydrogens (tertiary/aromatic N) is 2. The molecule has 0 spiro atoms. The van der Waals surface area contributed by atoms with Crippen molar-refractivity contribution >= 4 is 23.1 Å². The van der Waals surface area contributed by atoms with Crippen LogP contribution in [0.2, 0.25) is 0 Å². The van der Waals surface area contributed by atoms with E-state index in [4.69, 9.17) is 0 Å². The summed E-state index contributed by atoms with van der Waals surface area (Å²) in [6.45, 7) is 1.69. The maximum Gasteiger partial charge on any atom is 0.283 e. The molecule has 100 valence electrons. The predicted octanol–water partition coefficient (Wildman–Crippen LogP) is 3.18. The summed E-state index contributed by atoms with van der Waals surface area (Å²) in [5.41, 5.74) is -0.0949. The van der Waals surface area contributed by atoms with E-state index >= 15 is 0 Å². The first-order valence-corrected chi connectivity index (χ1v) is 5.94. The maximum absolute atomic E-state index is 13.5. The van der Waals surface area contributed by atoms with Gasteiger partial charge in [-0.05, 0) is 36.2 Å². The summed E-state index contributed by atoms with van der Waals surface area (Å²) in [7, 11) is 0. The number of nitrogens with one attached hydrogen (secondary N) is 1. The Balaban J connectivity index is 2.23. The highest BCUT2D eigenvalue weighted by atomic mass is 32.1. The van der Waals surface area contributed by atoms with Crippen LogP contribution in [0.25, 0.3) is 0 Å². The summed E-state index contributed by atoms with van der Waals surface area (Å²) in [5.74, 6) is -1.49. The van der Waals surface area contributed by atoms with E-state index in [2.05, 4.69) is 14.9 Å². The molecule has 1 amide bonds. The minimum atomic E-state index is -2.90. The first kappa shape index (κ1) is 13.5. The molecular weight excluding hydrogens is 279 g/mol.